The molecule has 30 fully saturated rings. The fourth-order valence-electron chi connectivity index (χ4n) is 14.7. The Labute approximate surface area is 990 Å². The summed E-state index contributed by atoms with van der Waals surface area (Å²) in [6.07, 6.45) is -85.9. The van der Waals surface area contributed by atoms with E-state index in [1.54, 1.807) is 0 Å². The van der Waals surface area contributed by atoms with Crippen molar-refractivity contribution in [3.8, 4) is 0 Å². The number of rotatable bonds is 40. The van der Waals surface area contributed by atoms with Gasteiger partial charge in [0.15, 0.2) is 50.3 Å². The first kappa shape index (κ1) is 139. The van der Waals surface area contributed by atoms with E-state index in [4.69, 9.17) is 75.8 Å². The Bertz CT molecular complexity index is 2870. The van der Waals surface area contributed by atoms with Crippen LogP contribution in [0.3, 0.4) is 0 Å². The molecule has 0 aromatic heterocycles. The molecule has 30 saturated heterocycles. The summed E-state index contributed by atoms with van der Waals surface area (Å²) >= 11 is 7.04. The molecule has 0 saturated carbocycles. The molecule has 30 aliphatic rings. The molecule has 30 aliphatic heterocycles. The molecule has 0 aromatic carbocycles. The fourth-order valence-corrected chi connectivity index (χ4v) is 22.6. The van der Waals surface area contributed by atoms with Gasteiger partial charge >= 0.3 is 47.8 Å². The van der Waals surface area contributed by atoms with Crippen molar-refractivity contribution in [3.05, 3.63) is 0 Å². The average Bonchev–Trinajstić information content (AvgIpc) is 0.771. The van der Waals surface area contributed by atoms with E-state index in [1.165, 1.54) is 0 Å². The molecule has 136 heavy (non-hydrogen) atoms. The molecule has 24 N–H and O–H groups in total. The van der Waals surface area contributed by atoms with E-state index in [0.717, 1.165) is 94.1 Å². The van der Waals surface area contributed by atoms with Gasteiger partial charge in [0.05, 0.1) is 100 Å². The van der Waals surface area contributed by atoms with Crippen molar-refractivity contribution in [2.45, 2.75) is 297 Å². The SMILES string of the molecule is O=C(O)CCSC[C@H]1O[C@H]2O[C@H]3[C@H](O)[C@@H](O)[C@@H](O[C@@H]3CSCCC(=O)O)O[C@H]3C(O)[C@@H](O)[C@H](O[C@@H]3CSCCC(=O)O)O[C@H]3C(O)[C@@H](O)[C@@H](O[C@H]4[C@H](O)[C@@H](O)[C@H](O[C@@H]4CSCCC(=O)O)O[C@H]4C(O)[C@@H](O)[C@H](O[C@@H]4CSCCC(=O)O)O[C@H]4C(O)[C@@H](O)[C@@H](O[C@H]5[C@H](O)[C@@H](O)[C@@H](O[C@H]1[C@H](O)[C@H]2O)O[C@@H]5CSCCC(=O)O)O[C@@H]4CSCCC(=O)O)O[C@@H]3CSCCC(=O)O.[Na].[Na].[Na].[Na].[Na].[Na].[Na].[Na]. The maximum atomic E-state index is 12.3. The summed E-state index contributed by atoms with van der Waals surface area (Å²) in [5.74, 6) is -14.4. The molecule has 48 nitrogen and oxygen atoms in total. The topological polar surface area (TPSA) is 770 Å². The molecular formula is C72H112Na8O48S8. The third-order valence-electron chi connectivity index (χ3n) is 21.4. The van der Waals surface area contributed by atoms with Crippen LogP contribution in [0.4, 0.5) is 0 Å². The zero-order valence-corrected chi connectivity index (χ0v) is 98.4. The van der Waals surface area contributed by atoms with Crippen molar-refractivity contribution in [2.24, 2.45) is 0 Å². The molecular weight excluding hydrogens is 2070 g/mol. The van der Waals surface area contributed by atoms with Gasteiger partial charge in [-0.3, -0.25) is 38.4 Å². The van der Waals surface area contributed by atoms with E-state index in [9.17, 15) is 161 Å². The molecule has 8 radical (unpaired) electrons. The Morgan fingerprint density at radius 2 is 0.243 bits per heavy atom. The number of ether oxygens (including phenoxy) is 16. The van der Waals surface area contributed by atoms with E-state index in [2.05, 4.69) is 0 Å². The van der Waals surface area contributed by atoms with Crippen molar-refractivity contribution in [1.82, 2.24) is 0 Å². The fraction of sp³-hybridized carbons (Fsp3) is 0.889. The maximum Gasteiger partial charge on any atom is 0.304 e. The second kappa shape index (κ2) is 69.9. The van der Waals surface area contributed by atoms with E-state index < -0.39 is 345 Å². The summed E-state index contributed by atoms with van der Waals surface area (Å²) in [5.41, 5.74) is 0. The minimum atomic E-state index is -2.33. The molecule has 30 rings (SSSR count). The number of hydrogen-bond acceptors (Lipinski definition) is 48. The quantitative estimate of drug-likeness (QED) is 0.0200. The number of carboxylic acids is 8. The van der Waals surface area contributed by atoms with Crippen LogP contribution in [-0.4, -0.2) is 744 Å². The smallest absolute Gasteiger partial charge is 0.304 e. The van der Waals surface area contributed by atoms with Crippen LogP contribution in [0.15, 0.2) is 0 Å². The number of aliphatic hydroxyl groups is 16. The second-order valence-corrected chi connectivity index (χ2v) is 39.9. The van der Waals surface area contributed by atoms with E-state index in [0.29, 0.717) is 0 Å². The summed E-state index contributed by atoms with van der Waals surface area (Å²) in [6.45, 7) is 0. The van der Waals surface area contributed by atoms with Crippen molar-refractivity contribution in [1.29, 1.82) is 0 Å². The number of carbonyl (C=O) groups is 8. The summed E-state index contributed by atoms with van der Waals surface area (Å²) in [4.78, 5) is 94.3. The normalized spacial score (nSPS) is 39.1. The standard InChI is InChI=1S/C72H112O48S8.8Na/c73-33(74)1-9-121-17-25-57-41(89)49(97)65(105-25)114-58-26(18-122-10-2-34(75)76)107-67(51(99)43(58)91)116-60-28(20-124-12-4-36(79)80)109-69(53(101)45(60)93)118-62-30(22-126-14-6-38(83)84)111-71(55(103)47(62)95)120-64-32(24-128-16-8-40(87)88)112-72(56(104)48(64)96)119-63-31(23-127-15-7-39(85)86)110-70(54(102)46(63)94)117-61-29(21-125-13-5-37(81)82)108-68(52(100)44(61)92)115-59-27(19-123-11-3-35(77)78)106-66(113-57)50(98)42(59)90;;;;;;;;/h25-32,41-72,89-104H,1-24H2,(H,73,74)(H,75,76)(H,77,78)(H,79,80)(H,81,82)(H,83,84)(H,85,86)(H,87,88);;;;;;;;/t25-,26-,27-,28-,29-,30-,31-,32-,41-,42-,43-,44?,45?,46?,47?,48-,49-,50-,51-,52-,53-,54-,55-,56-,57-,58-,59-,60-,61-,62-,63-,64-,65+,66-,67+,68-,69-,70-,71-,72-;;;;;;;;/m1......../s1. The maximum absolute atomic E-state index is 12.3. The third kappa shape index (κ3) is 41.5. The Balaban J connectivity index is 0.0000116. The average molecular weight is 2190 g/mol. The first-order chi connectivity index (χ1) is 60.7. The number of carboxylic acid groups (broad SMARTS) is 8. The van der Waals surface area contributed by atoms with Crippen LogP contribution in [0.5, 0.6) is 0 Å². The first-order valence-electron chi connectivity index (χ1n) is 40.5. The van der Waals surface area contributed by atoms with E-state index in [1.807, 2.05) is 0 Å². The molecule has 64 heteroatoms. The predicted molar refractivity (Wildman–Crippen MR) is 487 cm³/mol. The Kier molecular flexibility index (Phi) is 71.6. The van der Waals surface area contributed by atoms with Gasteiger partial charge in [0.25, 0.3) is 0 Å². The van der Waals surface area contributed by atoms with Gasteiger partial charge in [-0.25, -0.2) is 0 Å². The number of aliphatic hydroxyl groups excluding tert-OH is 16. The van der Waals surface area contributed by atoms with Gasteiger partial charge in [0, 0.05) is 329 Å². The third-order valence-corrected chi connectivity index (χ3v) is 29.9. The molecule has 4 unspecified atom stereocenters. The zero-order valence-electron chi connectivity index (χ0n) is 75.9. The van der Waals surface area contributed by atoms with Crippen molar-refractivity contribution in [2.75, 3.05) is 92.0 Å². The zero-order chi connectivity index (χ0) is 93.7. The van der Waals surface area contributed by atoms with Crippen molar-refractivity contribution >= 4 is 378 Å². The Hall–Kier alpha value is 5.28. The van der Waals surface area contributed by atoms with Crippen LogP contribution in [0, 0.1) is 0 Å². The van der Waals surface area contributed by atoms with Crippen LogP contribution in [0.1, 0.15) is 51.4 Å². The summed E-state index contributed by atoms with van der Waals surface area (Å²) in [7, 11) is 0. The minimum Gasteiger partial charge on any atom is -0.481 e. The van der Waals surface area contributed by atoms with Crippen LogP contribution >= 0.6 is 94.1 Å². The van der Waals surface area contributed by atoms with E-state index in [-0.39, 0.29) is 329 Å². The van der Waals surface area contributed by atoms with Gasteiger partial charge in [-0.05, 0) is 0 Å². The van der Waals surface area contributed by atoms with Crippen molar-refractivity contribution < 1.29 is 237 Å². The second-order valence-electron chi connectivity index (χ2n) is 30.7. The van der Waals surface area contributed by atoms with Crippen LogP contribution < -0.4 is 0 Å². The summed E-state index contributed by atoms with van der Waals surface area (Å²) in [6, 6.07) is 0. The summed E-state index contributed by atoms with van der Waals surface area (Å²) in [5, 5.41) is 272. The largest absolute Gasteiger partial charge is 0.481 e. The summed E-state index contributed by atoms with van der Waals surface area (Å²) < 4.78 is 100. The molecule has 0 aliphatic carbocycles. The predicted octanol–water partition coefficient (Wildman–Crippen LogP) is -10.7. The van der Waals surface area contributed by atoms with Crippen LogP contribution in [-0.2, 0) is 114 Å². The van der Waals surface area contributed by atoms with Gasteiger partial charge in [0.1, 0.15) is 146 Å². The molecule has 40 atom stereocenters. The molecule has 16 bridgehead atoms. The number of aliphatic carboxylic acids is 8. The molecule has 744 valence electrons. The number of thioether (sulfide) groups is 8. The Morgan fingerprint density at radius 3 is 0.324 bits per heavy atom. The van der Waals surface area contributed by atoms with E-state index >= 15 is 0 Å². The first-order valence-corrected chi connectivity index (χ1v) is 49.7. The Morgan fingerprint density at radius 1 is 0.154 bits per heavy atom. The van der Waals surface area contributed by atoms with Gasteiger partial charge < -0.3 is 198 Å². The van der Waals surface area contributed by atoms with Gasteiger partial charge in [-0.2, -0.15) is 94.1 Å². The molecule has 0 spiro atoms. The van der Waals surface area contributed by atoms with Gasteiger partial charge in [0.2, 0.25) is 0 Å². The number of hydrogen-bond donors (Lipinski definition) is 24. The van der Waals surface area contributed by atoms with Crippen LogP contribution in [0.25, 0.3) is 0 Å². The van der Waals surface area contributed by atoms with Gasteiger partial charge in [-0.1, -0.05) is 0 Å². The van der Waals surface area contributed by atoms with Crippen LogP contribution in [0.2, 0.25) is 0 Å². The molecule has 0 aromatic rings. The molecule has 0 amide bonds. The molecule has 30 heterocycles. The minimum absolute atomic E-state index is 0. The van der Waals surface area contributed by atoms with Crippen molar-refractivity contribution in [3.63, 3.8) is 0 Å². The van der Waals surface area contributed by atoms with Gasteiger partial charge in [-0.15, -0.1) is 0 Å². The monoisotopic (exact) mass is 2180 g/mol.